The van der Waals surface area contributed by atoms with Gasteiger partial charge in [0.05, 0.1) is 47.9 Å². The molecule has 0 atom stereocenters. The lowest BCUT2D eigenvalue weighted by Gasteiger charge is -2.26. The number of ether oxygens (including phenoxy) is 8. The molecule has 9 aromatic rings. The van der Waals surface area contributed by atoms with Crippen LogP contribution >= 0.6 is 22.7 Å². The lowest BCUT2D eigenvalue weighted by atomic mass is 10.1. The minimum atomic E-state index is 0.495. The monoisotopic (exact) mass is 1020 g/mol. The Balaban J connectivity index is 0.808. The van der Waals surface area contributed by atoms with Crippen molar-refractivity contribution < 1.29 is 37.9 Å². The van der Waals surface area contributed by atoms with Crippen LogP contribution in [-0.4, -0.2) is 54.9 Å². The molecule has 0 aliphatic carbocycles. The van der Waals surface area contributed by atoms with Crippen LogP contribution in [0.3, 0.4) is 0 Å². The third kappa shape index (κ3) is 9.97. The van der Waals surface area contributed by atoms with Gasteiger partial charge in [0.2, 0.25) is 0 Å². The van der Waals surface area contributed by atoms with Gasteiger partial charge in [0.1, 0.15) is 49.4 Å². The van der Waals surface area contributed by atoms with Gasteiger partial charge < -0.3 is 47.7 Å². The second-order valence-corrected chi connectivity index (χ2v) is 19.3. The zero-order valence-electron chi connectivity index (χ0n) is 41.3. The van der Waals surface area contributed by atoms with Crippen molar-refractivity contribution in [2.75, 3.05) is 64.7 Å². The Hall–Kier alpha value is -8.58. The Morgan fingerprint density at radius 1 is 0.324 bits per heavy atom. The summed E-state index contributed by atoms with van der Waals surface area (Å²) < 4.78 is 46.9. The molecule has 0 unspecified atom stereocenters. The SMILES string of the molecule is COc1ccc(N(c2ccc(OC)cc2)c2ccc(-c3sc(/C=C/c4ccc(/C=C/c5sc(-c6ccc(N(c7ccc(OC)cc7)c7ccc(OC)cc7)cc6)c6c5OCCO6)cc4)c4c3OCCO4)cc2)cc1. The van der Waals surface area contributed by atoms with Crippen LogP contribution in [0, 0.1) is 0 Å². The summed E-state index contributed by atoms with van der Waals surface area (Å²) in [6, 6.07) is 57.9. The minimum absolute atomic E-state index is 0.495. The average Bonchev–Trinajstić information content (AvgIpc) is 4.04. The van der Waals surface area contributed by atoms with Crippen LogP contribution in [0.2, 0.25) is 0 Å². The van der Waals surface area contributed by atoms with E-state index >= 15 is 0 Å². The topological polar surface area (TPSA) is 80.3 Å². The van der Waals surface area contributed by atoms with Crippen LogP contribution in [0.15, 0.2) is 170 Å². The first-order valence-corrected chi connectivity index (χ1v) is 25.8. The van der Waals surface area contributed by atoms with Gasteiger partial charge >= 0.3 is 0 Å². The molecule has 0 N–H and O–H groups in total. The third-order valence-corrected chi connectivity index (χ3v) is 15.1. The van der Waals surface area contributed by atoms with Gasteiger partial charge in [-0.15, -0.1) is 22.7 Å². The summed E-state index contributed by atoms with van der Waals surface area (Å²) >= 11 is 3.33. The molecule has 0 spiro atoms. The van der Waals surface area contributed by atoms with Crippen LogP contribution in [0.25, 0.3) is 45.2 Å². The largest absolute Gasteiger partial charge is 0.497 e. The predicted octanol–water partition coefficient (Wildman–Crippen LogP) is 16.0. The highest BCUT2D eigenvalue weighted by Gasteiger charge is 2.27. The molecule has 0 bridgehead atoms. The molecule has 0 fully saturated rings. The molecule has 74 heavy (non-hydrogen) atoms. The molecular weight excluding hydrogens is 965 g/mol. The van der Waals surface area contributed by atoms with Crippen molar-refractivity contribution in [3.63, 3.8) is 0 Å². The summed E-state index contributed by atoms with van der Waals surface area (Å²) in [6.45, 7) is 1.98. The van der Waals surface area contributed by atoms with Crippen molar-refractivity contribution in [1.29, 1.82) is 0 Å². The number of methoxy groups -OCH3 is 4. The lowest BCUT2D eigenvalue weighted by Crippen LogP contribution is -2.14. The average molecular weight is 1020 g/mol. The number of rotatable bonds is 16. The number of thiophene rings is 2. The van der Waals surface area contributed by atoms with Crippen LogP contribution in [-0.2, 0) is 0 Å². The van der Waals surface area contributed by atoms with E-state index < -0.39 is 0 Å². The minimum Gasteiger partial charge on any atom is -0.497 e. The summed E-state index contributed by atoms with van der Waals surface area (Å²) in [7, 11) is 6.71. The molecule has 0 radical (unpaired) electrons. The van der Waals surface area contributed by atoms with E-state index in [1.807, 2.05) is 48.5 Å². The van der Waals surface area contributed by atoms with Gasteiger partial charge in [-0.05, 0) is 156 Å². The van der Waals surface area contributed by atoms with Crippen molar-refractivity contribution in [3.8, 4) is 66.9 Å². The lowest BCUT2D eigenvalue weighted by molar-refractivity contribution is 0.174. The smallest absolute Gasteiger partial charge is 0.180 e. The number of nitrogens with zero attached hydrogens (tertiary/aromatic N) is 2. The molecule has 2 aliphatic heterocycles. The maximum Gasteiger partial charge on any atom is 0.180 e. The normalized spacial score (nSPS) is 12.7. The van der Waals surface area contributed by atoms with E-state index in [0.29, 0.717) is 26.4 Å². The van der Waals surface area contributed by atoms with Gasteiger partial charge in [-0.2, -0.15) is 0 Å². The van der Waals surface area contributed by atoms with Crippen LogP contribution in [0.5, 0.6) is 46.0 Å². The molecule has 7 aromatic carbocycles. The molecule has 0 saturated carbocycles. The molecule has 10 nitrogen and oxygen atoms in total. The van der Waals surface area contributed by atoms with Gasteiger partial charge in [0.25, 0.3) is 0 Å². The van der Waals surface area contributed by atoms with E-state index in [1.54, 1.807) is 51.1 Å². The van der Waals surface area contributed by atoms with E-state index in [0.717, 1.165) is 122 Å². The molecule has 4 heterocycles. The highest BCUT2D eigenvalue weighted by molar-refractivity contribution is 7.17. The summed E-state index contributed by atoms with van der Waals surface area (Å²) in [5.74, 6) is 6.31. The second-order valence-electron chi connectivity index (χ2n) is 17.2. The van der Waals surface area contributed by atoms with Gasteiger partial charge in [-0.3, -0.25) is 0 Å². The Morgan fingerprint density at radius 3 is 0.851 bits per heavy atom. The highest BCUT2D eigenvalue weighted by atomic mass is 32.1. The van der Waals surface area contributed by atoms with E-state index in [9.17, 15) is 0 Å². The van der Waals surface area contributed by atoms with Crippen LogP contribution < -0.4 is 47.7 Å². The Labute approximate surface area is 439 Å². The maximum atomic E-state index is 6.28. The Morgan fingerprint density at radius 2 is 0.581 bits per heavy atom. The molecule has 370 valence electrons. The van der Waals surface area contributed by atoms with Crippen molar-refractivity contribution in [2.24, 2.45) is 0 Å². The van der Waals surface area contributed by atoms with Crippen molar-refractivity contribution in [3.05, 3.63) is 191 Å². The predicted molar refractivity (Wildman–Crippen MR) is 301 cm³/mol. The quantitative estimate of drug-likeness (QED) is 0.0933. The van der Waals surface area contributed by atoms with Gasteiger partial charge in [0.15, 0.2) is 23.0 Å². The fourth-order valence-electron chi connectivity index (χ4n) is 8.95. The zero-order valence-corrected chi connectivity index (χ0v) is 42.9. The molecule has 0 amide bonds. The first-order valence-electron chi connectivity index (χ1n) is 24.1. The summed E-state index contributed by atoms with van der Waals surface area (Å²) in [6.07, 6.45) is 8.49. The number of anilines is 6. The fourth-order valence-corrected chi connectivity index (χ4v) is 11.1. The van der Waals surface area contributed by atoms with Gasteiger partial charge in [-0.25, -0.2) is 0 Å². The van der Waals surface area contributed by atoms with E-state index in [1.165, 1.54) is 0 Å². The van der Waals surface area contributed by atoms with E-state index in [-0.39, 0.29) is 0 Å². The number of benzene rings is 7. The maximum absolute atomic E-state index is 6.28. The number of hydrogen-bond donors (Lipinski definition) is 0. The Kier molecular flexibility index (Phi) is 14.0. The Bertz CT molecular complexity index is 3080. The second kappa shape index (κ2) is 21.6. The molecular formula is C62H52N2O8S2. The van der Waals surface area contributed by atoms with Crippen molar-refractivity contribution in [1.82, 2.24) is 0 Å². The molecule has 2 aromatic heterocycles. The fraction of sp³-hybridized carbons (Fsp3) is 0.129. The summed E-state index contributed by atoms with van der Waals surface area (Å²) in [4.78, 5) is 8.48. The van der Waals surface area contributed by atoms with Crippen LogP contribution in [0.4, 0.5) is 34.1 Å². The standard InChI is InChI=1S/C62H52N2O8S2/c1-65-51-27-19-47(20-28-51)63(48-21-29-52(66-2)30-22-48)45-15-11-43(12-16-45)61-59-57(69-37-39-71-59)55(73-61)35-9-41-5-7-42(8-6-41)10-36-56-58-60(72-40-38-70-58)62(74-56)44-13-17-46(18-14-44)64(49-23-31-53(67-3)32-24-49)50-25-33-54(68-4)34-26-50/h5-36H,37-40H2,1-4H3/b35-9+,36-10+. The first-order chi connectivity index (χ1) is 36.5. The number of hydrogen-bond acceptors (Lipinski definition) is 12. The molecule has 12 heteroatoms. The highest BCUT2D eigenvalue weighted by Crippen LogP contribution is 2.52. The van der Waals surface area contributed by atoms with Crippen LogP contribution in [0.1, 0.15) is 20.9 Å². The first kappa shape index (κ1) is 47.7. The van der Waals surface area contributed by atoms with E-state index in [4.69, 9.17) is 37.9 Å². The molecule has 2 aliphatic rings. The van der Waals surface area contributed by atoms with Crippen molar-refractivity contribution in [2.45, 2.75) is 0 Å². The van der Waals surface area contributed by atoms with E-state index in [2.05, 4.69) is 155 Å². The molecule has 0 saturated heterocycles. The van der Waals surface area contributed by atoms with Gasteiger partial charge in [-0.1, -0.05) is 60.7 Å². The van der Waals surface area contributed by atoms with Gasteiger partial charge in [0, 0.05) is 34.1 Å². The summed E-state index contributed by atoms with van der Waals surface area (Å²) in [5.41, 5.74) is 10.3. The van der Waals surface area contributed by atoms with Crippen molar-refractivity contribution >= 4 is 81.1 Å². The molecule has 11 rings (SSSR count). The third-order valence-electron chi connectivity index (χ3n) is 12.7. The number of fused-ring (bicyclic) bond motifs is 2. The summed E-state index contributed by atoms with van der Waals surface area (Å²) in [5, 5.41) is 0. The zero-order chi connectivity index (χ0) is 50.4.